The summed E-state index contributed by atoms with van der Waals surface area (Å²) in [5, 5.41) is 2.11. The topological polar surface area (TPSA) is 67.4 Å². The predicted molar refractivity (Wildman–Crippen MR) is 72.2 cm³/mol. The molecule has 0 saturated carbocycles. The number of amides is 1. The van der Waals surface area contributed by atoms with E-state index in [4.69, 9.17) is 11.6 Å². The van der Waals surface area contributed by atoms with Gasteiger partial charge in [-0.25, -0.2) is 9.97 Å². The zero-order chi connectivity index (χ0) is 17.4. The van der Waals surface area contributed by atoms with Crippen molar-refractivity contribution in [2.24, 2.45) is 0 Å². The van der Waals surface area contributed by atoms with Gasteiger partial charge >= 0.3 is 6.36 Å². The third kappa shape index (κ3) is 3.99. The van der Waals surface area contributed by atoms with Crippen molar-refractivity contribution in [1.82, 2.24) is 14.9 Å². The van der Waals surface area contributed by atoms with Gasteiger partial charge in [0.05, 0.1) is 6.04 Å². The molecule has 1 aliphatic rings. The molecule has 23 heavy (non-hydrogen) atoms. The Kier molecular flexibility index (Phi) is 4.95. The Morgan fingerprint density at radius 2 is 2.17 bits per heavy atom. The lowest BCUT2D eigenvalue weighted by molar-refractivity contribution is -0.359. The van der Waals surface area contributed by atoms with E-state index in [1.165, 1.54) is 18.7 Å². The molecule has 11 heteroatoms. The molecule has 6 nitrogen and oxygen atoms in total. The Morgan fingerprint density at radius 1 is 1.52 bits per heavy atom. The van der Waals surface area contributed by atoms with Crippen LogP contribution in [0.1, 0.15) is 13.8 Å². The molecular weight excluding hydrogens is 344 g/mol. The second-order valence-corrected chi connectivity index (χ2v) is 5.38. The van der Waals surface area contributed by atoms with Crippen molar-refractivity contribution in [3.8, 4) is 0 Å². The van der Waals surface area contributed by atoms with Crippen LogP contribution in [0.15, 0.2) is 6.33 Å². The average Bonchev–Trinajstić information content (AvgIpc) is 2.45. The molecule has 1 N–H and O–H groups in total. The van der Waals surface area contributed by atoms with Crippen LogP contribution in [-0.4, -0.2) is 51.9 Å². The molecule has 1 aliphatic heterocycles. The Balaban J connectivity index is 1.95. The van der Waals surface area contributed by atoms with Gasteiger partial charge in [-0.3, -0.25) is 9.53 Å². The van der Waals surface area contributed by atoms with Crippen LogP contribution in [0.3, 0.4) is 0 Å². The van der Waals surface area contributed by atoms with Gasteiger partial charge in [-0.05, 0) is 13.8 Å². The highest BCUT2D eigenvalue weighted by molar-refractivity contribution is 6.29. The molecule has 0 spiro atoms. The lowest BCUT2D eigenvalue weighted by Crippen LogP contribution is -2.65. The standard InChI is InChI=1S/C12H13ClF4N4O2/c1-5(20-10-8(14)9(13)18-4-19-10)11(22)21-3-7(6(21)2)23-12(15,16)17/h4-7H,3H2,1-2H3,(H,18,19,20)/t5-,6+,7+/m1/s1. The number of anilines is 1. The van der Waals surface area contributed by atoms with E-state index < -0.39 is 41.4 Å². The van der Waals surface area contributed by atoms with Crippen molar-refractivity contribution in [3.63, 3.8) is 0 Å². The predicted octanol–water partition coefficient (Wildman–Crippen LogP) is 2.21. The van der Waals surface area contributed by atoms with E-state index in [9.17, 15) is 22.4 Å². The molecule has 1 aromatic heterocycles. The van der Waals surface area contributed by atoms with E-state index in [0.717, 1.165) is 6.33 Å². The summed E-state index contributed by atoms with van der Waals surface area (Å²) < 4.78 is 54.0. The van der Waals surface area contributed by atoms with Gasteiger partial charge in [0.1, 0.15) is 18.5 Å². The van der Waals surface area contributed by atoms with Gasteiger partial charge < -0.3 is 10.2 Å². The fourth-order valence-corrected chi connectivity index (χ4v) is 2.27. The van der Waals surface area contributed by atoms with E-state index in [2.05, 4.69) is 20.0 Å². The minimum atomic E-state index is -4.75. The minimum absolute atomic E-state index is 0.196. The number of carbonyl (C=O) groups is 1. The molecule has 2 heterocycles. The Labute approximate surface area is 133 Å². The van der Waals surface area contributed by atoms with Crippen molar-refractivity contribution < 1.29 is 27.1 Å². The first-order valence-corrected chi connectivity index (χ1v) is 6.95. The van der Waals surface area contributed by atoms with Crippen LogP contribution < -0.4 is 5.32 Å². The molecule has 1 fully saturated rings. The van der Waals surface area contributed by atoms with Crippen LogP contribution in [0, 0.1) is 5.82 Å². The molecule has 2 rings (SSSR count). The van der Waals surface area contributed by atoms with Crippen LogP contribution in [0.4, 0.5) is 23.4 Å². The SMILES string of the molecule is C[C@@H](Nc1ncnc(Cl)c1F)C(=O)N1C[C@H](OC(F)(F)F)[C@@H]1C. The minimum Gasteiger partial charge on any atom is -0.356 e. The molecule has 1 aromatic rings. The normalized spacial score (nSPS) is 22.5. The summed E-state index contributed by atoms with van der Waals surface area (Å²) in [5.41, 5.74) is 0. The van der Waals surface area contributed by atoms with Crippen molar-refractivity contribution in [2.75, 3.05) is 11.9 Å². The van der Waals surface area contributed by atoms with Gasteiger partial charge in [0.15, 0.2) is 11.0 Å². The highest BCUT2D eigenvalue weighted by Crippen LogP contribution is 2.29. The third-order valence-corrected chi connectivity index (χ3v) is 3.71. The van der Waals surface area contributed by atoms with Gasteiger partial charge in [0.2, 0.25) is 11.7 Å². The maximum atomic E-state index is 13.7. The van der Waals surface area contributed by atoms with E-state index in [-0.39, 0.29) is 12.4 Å². The van der Waals surface area contributed by atoms with Crippen LogP contribution in [0.5, 0.6) is 0 Å². The first kappa shape index (κ1) is 17.7. The number of nitrogens with one attached hydrogen (secondary N) is 1. The van der Waals surface area contributed by atoms with Crippen LogP contribution in [0.25, 0.3) is 0 Å². The number of hydrogen-bond donors (Lipinski definition) is 1. The summed E-state index contributed by atoms with van der Waals surface area (Å²) in [6.45, 7) is 2.67. The van der Waals surface area contributed by atoms with Crippen molar-refractivity contribution in [3.05, 3.63) is 17.3 Å². The summed E-state index contributed by atoms with van der Waals surface area (Å²) >= 11 is 5.50. The fourth-order valence-electron chi connectivity index (χ4n) is 2.14. The molecule has 0 unspecified atom stereocenters. The smallest absolute Gasteiger partial charge is 0.356 e. The highest BCUT2D eigenvalue weighted by atomic mass is 35.5. The molecule has 0 radical (unpaired) electrons. The van der Waals surface area contributed by atoms with E-state index in [1.54, 1.807) is 0 Å². The molecular formula is C12H13ClF4N4O2. The molecule has 3 atom stereocenters. The summed E-state index contributed by atoms with van der Waals surface area (Å²) in [5.74, 6) is -1.68. The zero-order valence-electron chi connectivity index (χ0n) is 12.1. The summed E-state index contributed by atoms with van der Waals surface area (Å²) in [6, 6.07) is -1.66. The number of likely N-dealkylation sites (tertiary alicyclic amines) is 1. The number of carbonyl (C=O) groups excluding carboxylic acids is 1. The van der Waals surface area contributed by atoms with E-state index >= 15 is 0 Å². The summed E-state index contributed by atoms with van der Waals surface area (Å²) in [6.07, 6.45) is -4.85. The fraction of sp³-hybridized carbons (Fsp3) is 0.583. The number of alkyl halides is 3. The lowest BCUT2D eigenvalue weighted by atomic mass is 10.00. The Bertz CT molecular complexity index is 601. The summed E-state index contributed by atoms with van der Waals surface area (Å²) in [7, 11) is 0. The number of halogens is 5. The Hall–Kier alpha value is -1.68. The van der Waals surface area contributed by atoms with Crippen LogP contribution >= 0.6 is 11.6 Å². The van der Waals surface area contributed by atoms with Crippen molar-refractivity contribution in [2.45, 2.75) is 38.4 Å². The monoisotopic (exact) mass is 356 g/mol. The molecule has 128 valence electrons. The first-order valence-electron chi connectivity index (χ1n) is 6.57. The molecule has 0 bridgehead atoms. The van der Waals surface area contributed by atoms with Gasteiger partial charge in [0.25, 0.3) is 0 Å². The maximum absolute atomic E-state index is 13.7. The third-order valence-electron chi connectivity index (χ3n) is 3.44. The van der Waals surface area contributed by atoms with Crippen molar-refractivity contribution in [1.29, 1.82) is 0 Å². The van der Waals surface area contributed by atoms with Gasteiger partial charge in [0, 0.05) is 6.54 Å². The van der Waals surface area contributed by atoms with Crippen molar-refractivity contribution >= 4 is 23.3 Å². The molecule has 0 aliphatic carbocycles. The maximum Gasteiger partial charge on any atom is 0.522 e. The van der Waals surface area contributed by atoms with Gasteiger partial charge in [-0.15, -0.1) is 13.2 Å². The van der Waals surface area contributed by atoms with E-state index in [0.29, 0.717) is 0 Å². The van der Waals surface area contributed by atoms with E-state index in [1.807, 2.05) is 0 Å². The number of aromatic nitrogens is 2. The number of nitrogens with zero attached hydrogens (tertiary/aromatic N) is 3. The molecule has 0 aromatic carbocycles. The quantitative estimate of drug-likeness (QED) is 0.662. The second kappa shape index (κ2) is 6.44. The molecule has 1 amide bonds. The largest absolute Gasteiger partial charge is 0.522 e. The number of ether oxygens (including phenoxy) is 1. The zero-order valence-corrected chi connectivity index (χ0v) is 12.8. The van der Waals surface area contributed by atoms with Crippen LogP contribution in [0.2, 0.25) is 5.15 Å². The second-order valence-electron chi connectivity index (χ2n) is 5.03. The first-order chi connectivity index (χ1) is 10.6. The van der Waals surface area contributed by atoms with Gasteiger partial charge in [-0.1, -0.05) is 11.6 Å². The van der Waals surface area contributed by atoms with Gasteiger partial charge in [-0.2, -0.15) is 4.39 Å². The lowest BCUT2D eigenvalue weighted by Gasteiger charge is -2.46. The average molecular weight is 357 g/mol. The number of hydrogen-bond acceptors (Lipinski definition) is 5. The highest BCUT2D eigenvalue weighted by Gasteiger charge is 2.46. The molecule has 1 saturated heterocycles. The van der Waals surface area contributed by atoms with Crippen LogP contribution in [-0.2, 0) is 9.53 Å². The summed E-state index contributed by atoms with van der Waals surface area (Å²) in [4.78, 5) is 20.4. The Morgan fingerprint density at radius 3 is 2.74 bits per heavy atom. The number of rotatable bonds is 4.